The van der Waals surface area contributed by atoms with Gasteiger partial charge >= 0.3 is 0 Å². The van der Waals surface area contributed by atoms with Gasteiger partial charge in [-0.15, -0.1) is 0 Å². The fraction of sp³-hybridized carbons (Fsp3) is 0.231. The summed E-state index contributed by atoms with van der Waals surface area (Å²) in [6.45, 7) is 4.07. The van der Waals surface area contributed by atoms with Crippen molar-refractivity contribution in [3.63, 3.8) is 0 Å². The predicted octanol–water partition coefficient (Wildman–Crippen LogP) is 2.05. The highest BCUT2D eigenvalue weighted by Gasteiger charge is 2.09. The van der Waals surface area contributed by atoms with Crippen LogP contribution in [-0.2, 0) is 6.42 Å². The number of nitrogens with zero attached hydrogens (tertiary/aromatic N) is 2. The van der Waals surface area contributed by atoms with Crippen molar-refractivity contribution >= 4 is 16.4 Å². The van der Waals surface area contributed by atoms with Gasteiger partial charge in [0.1, 0.15) is 11.3 Å². The lowest BCUT2D eigenvalue weighted by molar-refractivity contribution is 0.820. The molecule has 2 heterocycles. The average Bonchev–Trinajstić information content (AvgIpc) is 2.69. The number of H-pyrrole nitrogens is 1. The van der Waals surface area contributed by atoms with E-state index in [4.69, 9.17) is 0 Å². The van der Waals surface area contributed by atoms with Crippen molar-refractivity contribution in [2.75, 3.05) is 0 Å². The molecule has 0 aliphatic carbocycles. The lowest BCUT2D eigenvalue weighted by Crippen LogP contribution is -2.14. The quantitative estimate of drug-likeness (QED) is 0.691. The molecule has 0 unspecified atom stereocenters. The van der Waals surface area contributed by atoms with E-state index in [1.54, 1.807) is 0 Å². The van der Waals surface area contributed by atoms with Gasteiger partial charge in [-0.2, -0.15) is 5.10 Å². The fourth-order valence-corrected chi connectivity index (χ4v) is 2.24. The van der Waals surface area contributed by atoms with E-state index < -0.39 is 0 Å². The topological polar surface area (TPSA) is 50.2 Å². The van der Waals surface area contributed by atoms with Gasteiger partial charge in [0.15, 0.2) is 0 Å². The molecule has 86 valence electrons. The van der Waals surface area contributed by atoms with E-state index in [0.29, 0.717) is 5.52 Å². The predicted molar refractivity (Wildman–Crippen MR) is 67.4 cm³/mol. The van der Waals surface area contributed by atoms with E-state index in [-0.39, 0.29) is 5.56 Å². The maximum atomic E-state index is 11.8. The van der Waals surface area contributed by atoms with E-state index in [9.17, 15) is 4.79 Å². The van der Waals surface area contributed by atoms with Gasteiger partial charge in [0, 0.05) is 11.8 Å². The standard InChI is InChI=1S/C13H13N3O/c1-3-12-14-15-13(17)11-7-9-6-8(2)4-5-10(9)16(11)12/h4-7H,3H2,1-2H3,(H,15,17). The first-order valence-electron chi connectivity index (χ1n) is 5.70. The molecule has 4 nitrogen and oxygen atoms in total. The van der Waals surface area contributed by atoms with Crippen molar-refractivity contribution in [2.24, 2.45) is 0 Å². The molecule has 0 bridgehead atoms. The molecule has 3 aromatic rings. The summed E-state index contributed by atoms with van der Waals surface area (Å²) in [6, 6.07) is 8.09. The van der Waals surface area contributed by atoms with Crippen LogP contribution in [0.25, 0.3) is 16.4 Å². The average molecular weight is 227 g/mol. The maximum Gasteiger partial charge on any atom is 0.288 e. The summed E-state index contributed by atoms with van der Waals surface area (Å²) in [5, 5.41) is 7.72. The van der Waals surface area contributed by atoms with Crippen molar-refractivity contribution in [1.82, 2.24) is 14.6 Å². The summed E-state index contributed by atoms with van der Waals surface area (Å²) in [6.07, 6.45) is 0.783. The highest BCUT2D eigenvalue weighted by Crippen LogP contribution is 2.20. The van der Waals surface area contributed by atoms with Crippen molar-refractivity contribution < 1.29 is 0 Å². The molecule has 0 radical (unpaired) electrons. The molecular formula is C13H13N3O. The first kappa shape index (κ1) is 10.1. The summed E-state index contributed by atoms with van der Waals surface area (Å²) in [4.78, 5) is 11.8. The molecule has 0 aliphatic heterocycles. The molecule has 17 heavy (non-hydrogen) atoms. The fourth-order valence-electron chi connectivity index (χ4n) is 2.24. The van der Waals surface area contributed by atoms with Crippen LogP contribution in [0.1, 0.15) is 18.3 Å². The summed E-state index contributed by atoms with van der Waals surface area (Å²) in [5.74, 6) is 0.874. The molecule has 4 heteroatoms. The molecule has 2 aromatic heterocycles. The van der Waals surface area contributed by atoms with E-state index in [2.05, 4.69) is 22.3 Å². The minimum atomic E-state index is -0.143. The summed E-state index contributed by atoms with van der Waals surface area (Å²) < 4.78 is 1.94. The molecule has 0 atom stereocenters. The van der Waals surface area contributed by atoms with Crippen molar-refractivity contribution in [1.29, 1.82) is 0 Å². The van der Waals surface area contributed by atoms with Gasteiger partial charge in [-0.1, -0.05) is 18.6 Å². The zero-order valence-corrected chi connectivity index (χ0v) is 9.82. The molecule has 0 saturated heterocycles. The second-order valence-corrected chi connectivity index (χ2v) is 4.25. The van der Waals surface area contributed by atoms with Gasteiger partial charge < -0.3 is 0 Å². The zero-order valence-electron chi connectivity index (χ0n) is 9.82. The van der Waals surface area contributed by atoms with Crippen LogP contribution in [0.15, 0.2) is 29.1 Å². The first-order chi connectivity index (χ1) is 8.20. The maximum absolute atomic E-state index is 11.8. The second kappa shape index (κ2) is 3.45. The van der Waals surface area contributed by atoms with Crippen molar-refractivity contribution in [2.45, 2.75) is 20.3 Å². The van der Waals surface area contributed by atoms with Crippen LogP contribution in [0.3, 0.4) is 0 Å². The summed E-state index contributed by atoms with van der Waals surface area (Å²) in [7, 11) is 0. The molecule has 1 aromatic carbocycles. The van der Waals surface area contributed by atoms with Crippen molar-refractivity contribution in [3.8, 4) is 0 Å². The number of benzene rings is 1. The van der Waals surface area contributed by atoms with Gasteiger partial charge in [-0.25, -0.2) is 5.10 Å². The second-order valence-electron chi connectivity index (χ2n) is 4.25. The molecule has 0 spiro atoms. The lowest BCUT2D eigenvalue weighted by Gasteiger charge is -2.02. The first-order valence-corrected chi connectivity index (χ1v) is 5.70. The SMILES string of the molecule is CCc1n[nH]c(=O)c2cc3cc(C)ccc3n12. The Morgan fingerprint density at radius 2 is 2.12 bits per heavy atom. The highest BCUT2D eigenvalue weighted by molar-refractivity contribution is 5.87. The minimum Gasteiger partial charge on any atom is -0.291 e. The van der Waals surface area contributed by atoms with Gasteiger partial charge in [0.25, 0.3) is 5.56 Å². The van der Waals surface area contributed by atoms with E-state index in [1.807, 2.05) is 30.4 Å². The largest absolute Gasteiger partial charge is 0.291 e. The minimum absolute atomic E-state index is 0.143. The van der Waals surface area contributed by atoms with Crippen LogP contribution in [0.4, 0.5) is 0 Å². The molecule has 0 saturated carbocycles. The zero-order chi connectivity index (χ0) is 12.0. The third-order valence-corrected chi connectivity index (χ3v) is 3.05. The normalized spacial score (nSPS) is 11.4. The number of rotatable bonds is 1. The Kier molecular flexibility index (Phi) is 2.04. The Bertz CT molecular complexity index is 767. The Hall–Kier alpha value is -2.10. The van der Waals surface area contributed by atoms with Crippen LogP contribution in [0.2, 0.25) is 0 Å². The van der Waals surface area contributed by atoms with Gasteiger partial charge in [-0.05, 0) is 25.1 Å². The van der Waals surface area contributed by atoms with Crippen LogP contribution in [-0.4, -0.2) is 14.6 Å². The van der Waals surface area contributed by atoms with Crippen LogP contribution >= 0.6 is 0 Å². The Morgan fingerprint density at radius 3 is 2.88 bits per heavy atom. The molecular weight excluding hydrogens is 214 g/mol. The Balaban J connectivity index is 2.60. The lowest BCUT2D eigenvalue weighted by atomic mass is 10.2. The third kappa shape index (κ3) is 1.37. The molecule has 0 amide bonds. The van der Waals surface area contributed by atoms with Gasteiger partial charge in [0.05, 0.1) is 5.52 Å². The monoisotopic (exact) mass is 227 g/mol. The van der Waals surface area contributed by atoms with Crippen LogP contribution in [0, 0.1) is 6.92 Å². The molecule has 1 N–H and O–H groups in total. The number of aromatic nitrogens is 3. The van der Waals surface area contributed by atoms with Crippen molar-refractivity contribution in [3.05, 3.63) is 46.0 Å². The molecule has 0 aliphatic rings. The van der Waals surface area contributed by atoms with E-state index >= 15 is 0 Å². The van der Waals surface area contributed by atoms with E-state index in [1.165, 1.54) is 5.56 Å². The third-order valence-electron chi connectivity index (χ3n) is 3.05. The van der Waals surface area contributed by atoms with Gasteiger partial charge in [-0.3, -0.25) is 9.20 Å². The van der Waals surface area contributed by atoms with Crippen LogP contribution in [0.5, 0.6) is 0 Å². The smallest absolute Gasteiger partial charge is 0.288 e. The summed E-state index contributed by atoms with van der Waals surface area (Å²) in [5.41, 5.74) is 2.75. The van der Waals surface area contributed by atoms with Crippen LogP contribution < -0.4 is 5.56 Å². The van der Waals surface area contributed by atoms with Gasteiger partial charge in [0.2, 0.25) is 0 Å². The number of aryl methyl sites for hydroxylation is 2. The number of hydrogen-bond donors (Lipinski definition) is 1. The summed E-state index contributed by atoms with van der Waals surface area (Å²) >= 11 is 0. The number of aromatic amines is 1. The highest BCUT2D eigenvalue weighted by atomic mass is 16.1. The molecule has 0 fully saturated rings. The number of hydrogen-bond acceptors (Lipinski definition) is 2. The van der Waals surface area contributed by atoms with E-state index in [0.717, 1.165) is 23.1 Å². The molecule has 3 rings (SSSR count). The Labute approximate surface area is 97.9 Å². The Morgan fingerprint density at radius 1 is 1.29 bits per heavy atom. The number of fused-ring (bicyclic) bond motifs is 3. The number of nitrogens with one attached hydrogen (secondary N) is 1.